The van der Waals surface area contributed by atoms with Crippen molar-refractivity contribution in [2.75, 3.05) is 0 Å². The fourth-order valence-corrected chi connectivity index (χ4v) is 0.854. The molecule has 2 N–H and O–H groups in total. The molecule has 0 aliphatic carbocycles. The summed E-state index contributed by atoms with van der Waals surface area (Å²) in [5, 5.41) is 20.2. The topological polar surface area (TPSA) is 79.1 Å². The molecule has 0 bridgehead atoms. The third-order valence-electron chi connectivity index (χ3n) is 1.74. The van der Waals surface area contributed by atoms with Gasteiger partial charge in [-0.1, -0.05) is 5.16 Å². The third kappa shape index (κ3) is 0.970. The number of cyclic esters (lactones) is 1. The molecule has 0 aromatic carbocycles. The van der Waals surface area contributed by atoms with Crippen molar-refractivity contribution in [1.82, 2.24) is 0 Å². The van der Waals surface area contributed by atoms with Gasteiger partial charge in [-0.15, -0.1) is 0 Å². The number of carbonyl (C=O) groups excluding carboxylic acids is 1. The smallest absolute Gasteiger partial charge is 0.359 e. The zero-order chi connectivity index (χ0) is 8.65. The van der Waals surface area contributed by atoms with E-state index in [-0.39, 0.29) is 5.71 Å². The summed E-state index contributed by atoms with van der Waals surface area (Å²) >= 11 is 0. The fourth-order valence-electron chi connectivity index (χ4n) is 0.854. The first-order chi connectivity index (χ1) is 5.00. The van der Waals surface area contributed by atoms with Gasteiger partial charge in [-0.25, -0.2) is 4.79 Å². The van der Waals surface area contributed by atoms with Crippen molar-refractivity contribution in [2.45, 2.75) is 20.1 Å². The van der Waals surface area contributed by atoms with Gasteiger partial charge in [0.15, 0.2) is 5.71 Å². The molecule has 1 heterocycles. The quantitative estimate of drug-likeness (QED) is 0.289. The molecule has 1 saturated heterocycles. The van der Waals surface area contributed by atoms with Crippen molar-refractivity contribution in [1.29, 1.82) is 0 Å². The lowest BCUT2D eigenvalue weighted by Gasteiger charge is -2.16. The number of oxime groups is 1. The Bertz CT molecular complexity index is 221. The highest BCUT2D eigenvalue weighted by atomic mass is 16.6. The average molecular weight is 159 g/mol. The summed E-state index contributed by atoms with van der Waals surface area (Å²) in [5.74, 6) is -0.773. The van der Waals surface area contributed by atoms with Crippen LogP contribution in [0, 0.1) is 5.41 Å². The van der Waals surface area contributed by atoms with Crippen LogP contribution in [0.5, 0.6) is 0 Å². The summed E-state index contributed by atoms with van der Waals surface area (Å²) in [6, 6.07) is 0. The molecule has 1 rings (SSSR count). The highest BCUT2D eigenvalue weighted by Gasteiger charge is 2.48. The average Bonchev–Trinajstić information content (AvgIpc) is 2.04. The molecule has 0 radical (unpaired) electrons. The van der Waals surface area contributed by atoms with Crippen LogP contribution in [-0.4, -0.2) is 28.3 Å². The van der Waals surface area contributed by atoms with Crippen LogP contribution < -0.4 is 0 Å². The van der Waals surface area contributed by atoms with Gasteiger partial charge >= 0.3 is 5.97 Å². The van der Waals surface area contributed by atoms with Crippen molar-refractivity contribution >= 4 is 11.7 Å². The number of nitrogens with zero attached hydrogens (tertiary/aromatic N) is 1. The van der Waals surface area contributed by atoms with Crippen molar-refractivity contribution < 1.29 is 19.8 Å². The van der Waals surface area contributed by atoms with Crippen LogP contribution in [0.2, 0.25) is 0 Å². The number of esters is 1. The minimum Gasteiger partial charge on any atom is -0.430 e. The van der Waals surface area contributed by atoms with E-state index in [9.17, 15) is 4.79 Å². The Hall–Kier alpha value is -1.10. The molecule has 0 spiro atoms. The molecule has 0 aromatic rings. The van der Waals surface area contributed by atoms with Crippen LogP contribution >= 0.6 is 0 Å². The lowest BCUT2D eigenvalue weighted by molar-refractivity contribution is -0.159. The monoisotopic (exact) mass is 159 g/mol. The molecule has 0 amide bonds. The summed E-state index contributed by atoms with van der Waals surface area (Å²) in [6.45, 7) is 3.11. The Kier molecular flexibility index (Phi) is 1.60. The Morgan fingerprint density at radius 3 is 2.36 bits per heavy atom. The van der Waals surface area contributed by atoms with Crippen molar-refractivity contribution in [3.05, 3.63) is 0 Å². The number of rotatable bonds is 0. The maximum atomic E-state index is 10.8. The van der Waals surface area contributed by atoms with Crippen molar-refractivity contribution in [2.24, 2.45) is 10.6 Å². The summed E-state index contributed by atoms with van der Waals surface area (Å²) in [4.78, 5) is 10.8. The van der Waals surface area contributed by atoms with E-state index in [2.05, 4.69) is 9.89 Å². The standard InChI is InChI=1S/C6H9NO4/c1-6(2)3(7-10)4(8)11-5(6)9/h5,9-10H,1-2H3. The predicted molar refractivity (Wildman–Crippen MR) is 35.1 cm³/mol. The molecule has 1 unspecified atom stereocenters. The van der Waals surface area contributed by atoms with Crippen molar-refractivity contribution in [3.63, 3.8) is 0 Å². The first-order valence-corrected chi connectivity index (χ1v) is 3.11. The van der Waals surface area contributed by atoms with Gasteiger partial charge in [-0.05, 0) is 13.8 Å². The zero-order valence-electron chi connectivity index (χ0n) is 6.24. The highest BCUT2D eigenvalue weighted by molar-refractivity contribution is 6.40. The summed E-state index contributed by atoms with van der Waals surface area (Å²) in [5.41, 5.74) is -1.07. The van der Waals surface area contributed by atoms with Crippen LogP contribution in [0.25, 0.3) is 0 Å². The van der Waals surface area contributed by atoms with Crippen molar-refractivity contribution in [3.8, 4) is 0 Å². The van der Waals surface area contributed by atoms with Crippen LogP contribution in [0.1, 0.15) is 13.8 Å². The molecule has 1 aliphatic heterocycles. The van der Waals surface area contributed by atoms with Gasteiger partial charge in [0.05, 0.1) is 5.41 Å². The Balaban J connectivity index is 3.04. The largest absolute Gasteiger partial charge is 0.430 e. The van der Waals surface area contributed by atoms with Gasteiger partial charge < -0.3 is 15.1 Å². The van der Waals surface area contributed by atoms with E-state index in [4.69, 9.17) is 10.3 Å². The molecular formula is C6H9NO4. The molecule has 0 aromatic heterocycles. The highest BCUT2D eigenvalue weighted by Crippen LogP contribution is 2.30. The minimum atomic E-state index is -1.22. The van der Waals surface area contributed by atoms with Gasteiger partial charge in [0, 0.05) is 0 Å². The van der Waals surface area contributed by atoms with E-state index in [1.807, 2.05) is 0 Å². The second kappa shape index (κ2) is 2.20. The molecular weight excluding hydrogens is 150 g/mol. The van der Waals surface area contributed by atoms with Crippen LogP contribution in [0.3, 0.4) is 0 Å². The Morgan fingerprint density at radius 1 is 1.64 bits per heavy atom. The molecule has 5 heteroatoms. The van der Waals surface area contributed by atoms with E-state index in [1.165, 1.54) is 0 Å². The maximum absolute atomic E-state index is 10.8. The lowest BCUT2D eigenvalue weighted by atomic mass is 9.89. The Morgan fingerprint density at radius 2 is 2.18 bits per heavy atom. The second-order valence-electron chi connectivity index (χ2n) is 2.93. The normalized spacial score (nSPS) is 32.5. The SMILES string of the molecule is CC1(C)C(=NO)C(=O)OC1O. The summed E-state index contributed by atoms with van der Waals surface area (Å²) in [6.07, 6.45) is -1.22. The number of aliphatic hydroxyl groups excluding tert-OH is 1. The first-order valence-electron chi connectivity index (χ1n) is 3.11. The van der Waals surface area contributed by atoms with Gasteiger partial charge in [-0.3, -0.25) is 0 Å². The molecule has 1 atom stereocenters. The number of carbonyl (C=O) groups is 1. The number of ether oxygens (including phenoxy) is 1. The van der Waals surface area contributed by atoms with Gasteiger partial charge in [-0.2, -0.15) is 0 Å². The number of hydrogen-bond donors (Lipinski definition) is 2. The third-order valence-corrected chi connectivity index (χ3v) is 1.74. The predicted octanol–water partition coefficient (Wildman–Crippen LogP) is -0.282. The van der Waals surface area contributed by atoms with E-state index in [0.717, 1.165) is 0 Å². The first kappa shape index (κ1) is 8.00. The summed E-state index contributed by atoms with van der Waals surface area (Å²) < 4.78 is 4.41. The van der Waals surface area contributed by atoms with E-state index >= 15 is 0 Å². The van der Waals surface area contributed by atoms with E-state index in [1.54, 1.807) is 13.8 Å². The number of aliphatic hydroxyl groups is 1. The molecule has 11 heavy (non-hydrogen) atoms. The van der Waals surface area contributed by atoms with Gasteiger partial charge in [0.1, 0.15) is 0 Å². The lowest BCUT2D eigenvalue weighted by Crippen LogP contribution is -2.30. The molecule has 0 saturated carbocycles. The van der Waals surface area contributed by atoms with Gasteiger partial charge in [0.25, 0.3) is 0 Å². The second-order valence-corrected chi connectivity index (χ2v) is 2.93. The van der Waals surface area contributed by atoms with E-state index < -0.39 is 17.7 Å². The number of hydrogen-bond acceptors (Lipinski definition) is 5. The molecule has 1 aliphatic rings. The Labute approximate surface area is 63.3 Å². The molecule has 5 nitrogen and oxygen atoms in total. The van der Waals surface area contributed by atoms with Gasteiger partial charge in [0.2, 0.25) is 6.29 Å². The fraction of sp³-hybridized carbons (Fsp3) is 0.667. The summed E-state index contributed by atoms with van der Waals surface area (Å²) in [7, 11) is 0. The van der Waals surface area contributed by atoms with Crippen LogP contribution in [0.4, 0.5) is 0 Å². The van der Waals surface area contributed by atoms with Crippen LogP contribution in [-0.2, 0) is 9.53 Å². The van der Waals surface area contributed by atoms with Crippen LogP contribution in [0.15, 0.2) is 5.16 Å². The maximum Gasteiger partial charge on any atom is 0.359 e. The minimum absolute atomic E-state index is 0.148. The van der Waals surface area contributed by atoms with E-state index in [0.29, 0.717) is 0 Å². The molecule has 62 valence electrons. The molecule has 1 fully saturated rings. The zero-order valence-corrected chi connectivity index (χ0v) is 6.24.